The van der Waals surface area contributed by atoms with Crippen LogP contribution in [0.1, 0.15) is 25.5 Å². The monoisotopic (exact) mass is 375 g/mol. The molecule has 27 heavy (non-hydrogen) atoms. The van der Waals surface area contributed by atoms with Gasteiger partial charge >= 0.3 is 17.8 Å². The van der Waals surface area contributed by atoms with Crippen molar-refractivity contribution in [1.82, 2.24) is 15.1 Å². The molecular formula is C18H21N3O6. The average Bonchev–Trinajstić information content (AvgIpc) is 2.83. The zero-order valence-electron chi connectivity index (χ0n) is 15.4. The van der Waals surface area contributed by atoms with Gasteiger partial charge in [-0.2, -0.15) is 0 Å². The van der Waals surface area contributed by atoms with Crippen molar-refractivity contribution < 1.29 is 28.7 Å². The number of ether oxygens (including phenoxy) is 2. The Hall–Kier alpha value is -3.10. The SMILES string of the molecule is CC(C)[C@H](NC(=O)CN1C(=O)C(=O)N(C)C1=O)c1ccc2c(c1)OCCO2. The quantitative estimate of drug-likeness (QED) is 0.600. The lowest BCUT2D eigenvalue weighted by Crippen LogP contribution is -2.43. The maximum Gasteiger partial charge on any atom is 0.334 e. The smallest absolute Gasteiger partial charge is 0.334 e. The summed E-state index contributed by atoms with van der Waals surface area (Å²) in [6.07, 6.45) is 0. The van der Waals surface area contributed by atoms with Gasteiger partial charge in [-0.05, 0) is 23.6 Å². The molecule has 1 saturated heterocycles. The first-order chi connectivity index (χ1) is 12.8. The van der Waals surface area contributed by atoms with Gasteiger partial charge in [0.25, 0.3) is 0 Å². The number of nitrogens with zero attached hydrogens (tertiary/aromatic N) is 2. The minimum atomic E-state index is -1.00. The molecule has 0 spiro atoms. The van der Waals surface area contributed by atoms with E-state index in [4.69, 9.17) is 9.47 Å². The molecule has 9 heteroatoms. The number of amides is 5. The fourth-order valence-electron chi connectivity index (χ4n) is 3.00. The second-order valence-corrected chi connectivity index (χ2v) is 6.73. The van der Waals surface area contributed by atoms with Crippen molar-refractivity contribution >= 4 is 23.8 Å². The Morgan fingerprint density at radius 1 is 1.11 bits per heavy atom. The fourth-order valence-corrected chi connectivity index (χ4v) is 3.00. The van der Waals surface area contributed by atoms with Gasteiger partial charge < -0.3 is 14.8 Å². The maximum atomic E-state index is 12.4. The summed E-state index contributed by atoms with van der Waals surface area (Å²) in [7, 11) is 1.20. The van der Waals surface area contributed by atoms with Gasteiger partial charge in [0.05, 0.1) is 6.04 Å². The zero-order chi connectivity index (χ0) is 19.7. The molecular weight excluding hydrogens is 354 g/mol. The third-order valence-electron chi connectivity index (χ3n) is 4.46. The van der Waals surface area contributed by atoms with Gasteiger partial charge in [0, 0.05) is 7.05 Å². The molecule has 0 aromatic heterocycles. The highest BCUT2D eigenvalue weighted by Gasteiger charge is 2.43. The summed E-state index contributed by atoms with van der Waals surface area (Å²) in [6, 6.07) is 4.26. The van der Waals surface area contributed by atoms with E-state index in [0.717, 1.165) is 5.56 Å². The average molecular weight is 375 g/mol. The Morgan fingerprint density at radius 3 is 2.37 bits per heavy atom. The number of urea groups is 1. The number of likely N-dealkylation sites (N-methyl/N-ethyl adjacent to an activating group) is 1. The topological polar surface area (TPSA) is 105 Å². The fraction of sp³-hybridized carbons (Fsp3) is 0.444. The molecule has 2 aliphatic rings. The Kier molecular flexibility index (Phi) is 5.02. The minimum absolute atomic E-state index is 0.0331. The molecule has 1 aromatic rings. The Balaban J connectivity index is 1.73. The van der Waals surface area contributed by atoms with Gasteiger partial charge in [0.2, 0.25) is 5.91 Å². The van der Waals surface area contributed by atoms with E-state index in [-0.39, 0.29) is 12.0 Å². The molecule has 5 amide bonds. The molecule has 0 bridgehead atoms. The van der Waals surface area contributed by atoms with Crippen LogP contribution in [-0.2, 0) is 14.4 Å². The van der Waals surface area contributed by atoms with Crippen molar-refractivity contribution in [3.63, 3.8) is 0 Å². The number of carbonyl (C=O) groups excluding carboxylic acids is 4. The van der Waals surface area contributed by atoms with Crippen molar-refractivity contribution in [2.75, 3.05) is 26.8 Å². The molecule has 9 nitrogen and oxygen atoms in total. The number of rotatable bonds is 5. The van der Waals surface area contributed by atoms with Crippen molar-refractivity contribution in [3.8, 4) is 11.5 Å². The van der Waals surface area contributed by atoms with E-state index in [9.17, 15) is 19.2 Å². The van der Waals surface area contributed by atoms with Crippen LogP contribution in [0.15, 0.2) is 18.2 Å². The molecule has 0 unspecified atom stereocenters. The molecule has 0 saturated carbocycles. The first-order valence-electron chi connectivity index (χ1n) is 8.62. The molecule has 144 valence electrons. The van der Waals surface area contributed by atoms with Gasteiger partial charge in [-0.3, -0.25) is 19.3 Å². The van der Waals surface area contributed by atoms with E-state index >= 15 is 0 Å². The van der Waals surface area contributed by atoms with Gasteiger partial charge in [-0.25, -0.2) is 9.69 Å². The van der Waals surface area contributed by atoms with E-state index in [2.05, 4.69) is 5.32 Å². The summed E-state index contributed by atoms with van der Waals surface area (Å²) >= 11 is 0. The maximum absolute atomic E-state index is 12.4. The van der Waals surface area contributed by atoms with Crippen molar-refractivity contribution in [1.29, 1.82) is 0 Å². The van der Waals surface area contributed by atoms with Crippen molar-refractivity contribution in [2.24, 2.45) is 5.92 Å². The normalized spacial score (nSPS) is 17.6. The summed E-state index contributed by atoms with van der Waals surface area (Å²) in [6.45, 7) is 4.30. The minimum Gasteiger partial charge on any atom is -0.486 e. The van der Waals surface area contributed by atoms with E-state index in [1.807, 2.05) is 26.0 Å². The van der Waals surface area contributed by atoms with Crippen LogP contribution in [0.3, 0.4) is 0 Å². The van der Waals surface area contributed by atoms with Crippen LogP contribution in [-0.4, -0.2) is 60.4 Å². The molecule has 2 heterocycles. The van der Waals surface area contributed by atoms with E-state index in [1.54, 1.807) is 6.07 Å². The predicted molar refractivity (Wildman–Crippen MR) is 93.0 cm³/mol. The third-order valence-corrected chi connectivity index (χ3v) is 4.46. The lowest BCUT2D eigenvalue weighted by atomic mass is 9.95. The number of nitrogens with one attached hydrogen (secondary N) is 1. The molecule has 0 aliphatic carbocycles. The summed E-state index contributed by atoms with van der Waals surface area (Å²) < 4.78 is 11.1. The number of benzene rings is 1. The van der Waals surface area contributed by atoms with Crippen LogP contribution in [0.4, 0.5) is 4.79 Å². The Labute approximate surface area is 156 Å². The lowest BCUT2D eigenvalue weighted by Gasteiger charge is -2.26. The van der Waals surface area contributed by atoms with Crippen molar-refractivity contribution in [3.05, 3.63) is 23.8 Å². The third kappa shape index (κ3) is 3.57. The van der Waals surface area contributed by atoms with Crippen LogP contribution in [0.2, 0.25) is 0 Å². The van der Waals surface area contributed by atoms with Gasteiger partial charge in [0.15, 0.2) is 11.5 Å². The molecule has 1 atom stereocenters. The van der Waals surface area contributed by atoms with Crippen LogP contribution in [0, 0.1) is 5.92 Å². The lowest BCUT2D eigenvalue weighted by molar-refractivity contribution is -0.143. The van der Waals surface area contributed by atoms with Gasteiger partial charge in [0.1, 0.15) is 19.8 Å². The summed E-state index contributed by atoms with van der Waals surface area (Å²) in [5, 5.41) is 2.83. The highest BCUT2D eigenvalue weighted by atomic mass is 16.6. The Morgan fingerprint density at radius 2 is 1.78 bits per heavy atom. The zero-order valence-corrected chi connectivity index (χ0v) is 15.4. The molecule has 1 N–H and O–H groups in total. The summed E-state index contributed by atoms with van der Waals surface area (Å²) in [5.41, 5.74) is 0.815. The Bertz CT molecular complexity index is 806. The first kappa shape index (κ1) is 18.7. The first-order valence-corrected chi connectivity index (χ1v) is 8.62. The predicted octanol–water partition coefficient (Wildman–Crippen LogP) is 0.692. The summed E-state index contributed by atoms with van der Waals surface area (Å²) in [5.74, 6) is -1.19. The van der Waals surface area contributed by atoms with E-state index in [0.29, 0.717) is 34.5 Å². The molecule has 1 fully saturated rings. The van der Waals surface area contributed by atoms with E-state index < -0.39 is 30.3 Å². The van der Waals surface area contributed by atoms with Crippen LogP contribution in [0.5, 0.6) is 11.5 Å². The largest absolute Gasteiger partial charge is 0.486 e. The molecule has 3 rings (SSSR count). The van der Waals surface area contributed by atoms with E-state index in [1.165, 1.54) is 7.05 Å². The van der Waals surface area contributed by atoms with Crippen LogP contribution < -0.4 is 14.8 Å². The van der Waals surface area contributed by atoms with Crippen molar-refractivity contribution in [2.45, 2.75) is 19.9 Å². The second-order valence-electron chi connectivity index (χ2n) is 6.73. The van der Waals surface area contributed by atoms with Gasteiger partial charge in [-0.15, -0.1) is 0 Å². The number of hydrogen-bond acceptors (Lipinski definition) is 6. The number of fused-ring (bicyclic) bond motifs is 1. The molecule has 1 aromatic carbocycles. The second kappa shape index (κ2) is 7.26. The van der Waals surface area contributed by atoms with Crippen LogP contribution in [0.25, 0.3) is 0 Å². The standard InChI is InChI=1S/C18H21N3O6/c1-10(2)15(11-4-5-12-13(8-11)27-7-6-26-12)19-14(22)9-21-17(24)16(23)20(3)18(21)25/h4-5,8,10,15H,6-7,9H2,1-3H3,(H,19,22)/t15-/m0/s1. The highest BCUT2D eigenvalue weighted by molar-refractivity contribution is 6.44. The number of imide groups is 2. The highest BCUT2D eigenvalue weighted by Crippen LogP contribution is 2.34. The van der Waals surface area contributed by atoms with Gasteiger partial charge in [-0.1, -0.05) is 19.9 Å². The number of hydrogen-bond donors (Lipinski definition) is 1. The number of carbonyl (C=O) groups is 4. The molecule has 0 radical (unpaired) electrons. The molecule has 2 aliphatic heterocycles. The van der Waals surface area contributed by atoms with Crippen LogP contribution >= 0.6 is 0 Å². The summed E-state index contributed by atoms with van der Waals surface area (Å²) in [4.78, 5) is 49.0.